The van der Waals surface area contributed by atoms with Crippen LogP contribution in [0, 0.1) is 11.8 Å². The van der Waals surface area contributed by atoms with Crippen LogP contribution in [-0.2, 0) is 0 Å². The van der Waals surface area contributed by atoms with E-state index in [2.05, 4.69) is 49.3 Å². The van der Waals surface area contributed by atoms with E-state index in [9.17, 15) is 0 Å². The molecule has 0 aromatic rings. The van der Waals surface area contributed by atoms with Gasteiger partial charge < -0.3 is 4.90 Å². The fourth-order valence-corrected chi connectivity index (χ4v) is 1.63. The van der Waals surface area contributed by atoms with Crippen molar-refractivity contribution in [1.29, 1.82) is 0 Å². The lowest BCUT2D eigenvalue weighted by atomic mass is 10.3. The molecule has 94 valence electrons. The zero-order valence-electron chi connectivity index (χ0n) is 11.6. The van der Waals surface area contributed by atoms with E-state index in [1.54, 1.807) is 0 Å². The highest BCUT2D eigenvalue weighted by Crippen LogP contribution is 1.93. The van der Waals surface area contributed by atoms with Gasteiger partial charge in [-0.1, -0.05) is 33.6 Å². The molecule has 0 unspecified atom stereocenters. The molecule has 16 heavy (non-hydrogen) atoms. The summed E-state index contributed by atoms with van der Waals surface area (Å²) in [5.74, 6) is 6.52. The summed E-state index contributed by atoms with van der Waals surface area (Å²) in [5, 5.41) is 0. The Morgan fingerprint density at radius 3 is 1.81 bits per heavy atom. The van der Waals surface area contributed by atoms with E-state index in [1.165, 1.54) is 13.0 Å². The average molecular weight is 224 g/mol. The minimum Gasteiger partial charge on any atom is -0.304 e. The Balaban J connectivity index is 3.54. The van der Waals surface area contributed by atoms with E-state index in [0.29, 0.717) is 0 Å². The predicted molar refractivity (Wildman–Crippen MR) is 72.6 cm³/mol. The lowest BCUT2D eigenvalue weighted by Gasteiger charge is -2.16. The number of nitrogens with zero attached hydrogens (tertiary/aromatic N) is 2. The fraction of sp³-hybridized carbons (Fsp3) is 0.857. The van der Waals surface area contributed by atoms with E-state index in [0.717, 1.165) is 39.1 Å². The van der Waals surface area contributed by atoms with E-state index in [1.807, 2.05) is 0 Å². The topological polar surface area (TPSA) is 6.48 Å². The Morgan fingerprint density at radius 2 is 1.31 bits per heavy atom. The van der Waals surface area contributed by atoms with Crippen LogP contribution in [0.4, 0.5) is 0 Å². The highest BCUT2D eigenvalue weighted by molar-refractivity contribution is 5.01. The van der Waals surface area contributed by atoms with Crippen LogP contribution in [-0.4, -0.2) is 49.1 Å². The zero-order chi connectivity index (χ0) is 12.2. The second-order valence-electron chi connectivity index (χ2n) is 3.95. The molecule has 2 nitrogen and oxygen atoms in total. The van der Waals surface area contributed by atoms with Crippen molar-refractivity contribution in [1.82, 2.24) is 9.80 Å². The minimum absolute atomic E-state index is 0.929. The summed E-state index contributed by atoms with van der Waals surface area (Å²) in [6, 6.07) is 0. The van der Waals surface area contributed by atoms with Gasteiger partial charge in [0.25, 0.3) is 0 Å². The first-order valence-corrected chi connectivity index (χ1v) is 6.68. The second kappa shape index (κ2) is 11.0. The Labute approximate surface area is 102 Å². The molecule has 0 rings (SSSR count). The summed E-state index contributed by atoms with van der Waals surface area (Å²) in [7, 11) is 0. The lowest BCUT2D eigenvalue weighted by Crippen LogP contribution is -2.24. The Bertz CT molecular complexity index is 195. The van der Waals surface area contributed by atoms with Gasteiger partial charge in [-0.15, -0.1) is 5.92 Å². The average Bonchev–Trinajstić information content (AvgIpc) is 2.33. The fourth-order valence-electron chi connectivity index (χ4n) is 1.63. The van der Waals surface area contributed by atoms with Crippen molar-refractivity contribution in [2.75, 3.05) is 39.3 Å². The third-order valence-electron chi connectivity index (χ3n) is 2.99. The number of unbranched alkanes of at least 4 members (excludes halogenated alkanes) is 1. The molecule has 2 heteroatoms. The van der Waals surface area contributed by atoms with Crippen LogP contribution in [0.25, 0.3) is 0 Å². The molecule has 0 N–H and O–H groups in total. The van der Waals surface area contributed by atoms with Crippen LogP contribution in [0.5, 0.6) is 0 Å². The highest BCUT2D eigenvalue weighted by atomic mass is 15.1. The van der Waals surface area contributed by atoms with Crippen molar-refractivity contribution in [3.63, 3.8) is 0 Å². The molecule has 0 aliphatic rings. The van der Waals surface area contributed by atoms with Crippen LogP contribution >= 0.6 is 0 Å². The zero-order valence-corrected chi connectivity index (χ0v) is 11.6. The van der Waals surface area contributed by atoms with Gasteiger partial charge in [0.2, 0.25) is 0 Å². The quantitative estimate of drug-likeness (QED) is 0.461. The first-order valence-electron chi connectivity index (χ1n) is 6.68. The monoisotopic (exact) mass is 224 g/mol. The summed E-state index contributed by atoms with van der Waals surface area (Å²) in [6.45, 7) is 15.4. The molecule has 0 atom stereocenters. The third-order valence-corrected chi connectivity index (χ3v) is 2.99. The molecule has 0 aromatic heterocycles. The molecular formula is C14H28N2. The summed E-state index contributed by atoms with van der Waals surface area (Å²) >= 11 is 0. The molecule has 0 amide bonds. The van der Waals surface area contributed by atoms with Crippen LogP contribution in [0.3, 0.4) is 0 Å². The molecule has 0 heterocycles. The van der Waals surface area contributed by atoms with Gasteiger partial charge in [-0.05, 0) is 39.1 Å². The Kier molecular flexibility index (Phi) is 10.6. The SMILES string of the molecule is CCN(CC)CC#CCCCN(CC)CC. The number of hydrogen-bond acceptors (Lipinski definition) is 2. The van der Waals surface area contributed by atoms with Crippen molar-refractivity contribution in [2.24, 2.45) is 0 Å². The summed E-state index contributed by atoms with van der Waals surface area (Å²) in [4.78, 5) is 4.80. The van der Waals surface area contributed by atoms with Gasteiger partial charge in [-0.2, -0.15) is 0 Å². The molecule has 0 saturated heterocycles. The van der Waals surface area contributed by atoms with Crippen LogP contribution < -0.4 is 0 Å². The Hall–Kier alpha value is -0.520. The minimum atomic E-state index is 0.929. The Morgan fingerprint density at radius 1 is 0.750 bits per heavy atom. The predicted octanol–water partition coefficient (Wildman–Crippen LogP) is 2.45. The molecule has 0 fully saturated rings. The van der Waals surface area contributed by atoms with Crippen LogP contribution in [0.15, 0.2) is 0 Å². The molecule has 0 spiro atoms. The van der Waals surface area contributed by atoms with E-state index < -0.39 is 0 Å². The summed E-state index contributed by atoms with van der Waals surface area (Å²) in [6.07, 6.45) is 2.24. The van der Waals surface area contributed by atoms with Gasteiger partial charge in [0, 0.05) is 6.42 Å². The van der Waals surface area contributed by atoms with Gasteiger partial charge in [0.05, 0.1) is 6.54 Å². The molecule has 0 aromatic carbocycles. The standard InChI is InChI=1S/C14H28N2/c1-5-15(6-2)13-11-9-10-12-14-16(7-3)8-4/h5-9,11,13-14H2,1-4H3. The summed E-state index contributed by atoms with van der Waals surface area (Å²) in [5.41, 5.74) is 0. The third kappa shape index (κ3) is 7.73. The van der Waals surface area contributed by atoms with Crippen LogP contribution in [0.2, 0.25) is 0 Å². The van der Waals surface area contributed by atoms with Crippen molar-refractivity contribution in [3.8, 4) is 11.8 Å². The molecule has 0 aliphatic carbocycles. The van der Waals surface area contributed by atoms with Gasteiger partial charge in [0.15, 0.2) is 0 Å². The normalized spacial score (nSPS) is 10.6. The molecule has 0 saturated carbocycles. The first kappa shape index (κ1) is 15.5. The van der Waals surface area contributed by atoms with Crippen molar-refractivity contribution in [3.05, 3.63) is 0 Å². The second-order valence-corrected chi connectivity index (χ2v) is 3.95. The maximum atomic E-state index is 3.27. The number of rotatable bonds is 8. The largest absolute Gasteiger partial charge is 0.304 e. The van der Waals surface area contributed by atoms with Crippen molar-refractivity contribution in [2.45, 2.75) is 40.5 Å². The van der Waals surface area contributed by atoms with Gasteiger partial charge >= 0.3 is 0 Å². The first-order chi connectivity index (χ1) is 7.78. The van der Waals surface area contributed by atoms with Gasteiger partial charge in [-0.25, -0.2) is 0 Å². The lowest BCUT2D eigenvalue weighted by molar-refractivity contribution is 0.301. The molecule has 0 bridgehead atoms. The van der Waals surface area contributed by atoms with E-state index >= 15 is 0 Å². The maximum absolute atomic E-state index is 3.27. The molecule has 0 aliphatic heterocycles. The molecule has 0 radical (unpaired) electrons. The van der Waals surface area contributed by atoms with Crippen molar-refractivity contribution < 1.29 is 0 Å². The van der Waals surface area contributed by atoms with E-state index in [-0.39, 0.29) is 0 Å². The number of hydrogen-bond donors (Lipinski definition) is 0. The maximum Gasteiger partial charge on any atom is 0.0601 e. The van der Waals surface area contributed by atoms with E-state index in [4.69, 9.17) is 0 Å². The van der Waals surface area contributed by atoms with Crippen molar-refractivity contribution >= 4 is 0 Å². The smallest absolute Gasteiger partial charge is 0.0601 e. The molecular weight excluding hydrogens is 196 g/mol. The highest BCUT2D eigenvalue weighted by Gasteiger charge is 1.96. The van der Waals surface area contributed by atoms with Crippen LogP contribution in [0.1, 0.15) is 40.5 Å². The summed E-state index contributed by atoms with van der Waals surface area (Å²) < 4.78 is 0. The van der Waals surface area contributed by atoms with Gasteiger partial charge in [0.1, 0.15) is 0 Å². The van der Waals surface area contributed by atoms with Gasteiger partial charge in [-0.3, -0.25) is 4.90 Å².